The van der Waals surface area contributed by atoms with Gasteiger partial charge in [-0.2, -0.15) is 0 Å². The van der Waals surface area contributed by atoms with E-state index in [2.05, 4.69) is 25.7 Å². The Kier molecular flexibility index (Phi) is 5.12. The second-order valence-corrected chi connectivity index (χ2v) is 6.79. The Bertz CT molecular complexity index is 230. The molecule has 2 aliphatic rings. The molecule has 0 radical (unpaired) electrons. The number of hydrogen-bond donors (Lipinski definition) is 0. The molecule has 0 aromatic heterocycles. The maximum atomic E-state index is 2.83. The van der Waals surface area contributed by atoms with E-state index in [0.717, 1.165) is 11.8 Å². The van der Waals surface area contributed by atoms with Crippen LogP contribution in [0.1, 0.15) is 78.6 Å². The lowest BCUT2D eigenvalue weighted by molar-refractivity contribution is -0.0182. The maximum absolute atomic E-state index is 2.83. The molecule has 0 spiro atoms. The first-order valence-electron chi connectivity index (χ1n) is 8.48. The molecule has 0 heterocycles. The minimum atomic E-state index is 0.580. The standard InChI is InChI=1S/C17H33N/c1-4-18(5-2)17(13-11-15(3)12-14-17)16-9-7-6-8-10-16/h15-16H,4-14H2,1-3H3. The fourth-order valence-corrected chi connectivity index (χ4v) is 4.74. The van der Waals surface area contributed by atoms with Crippen LogP contribution < -0.4 is 0 Å². The van der Waals surface area contributed by atoms with Gasteiger partial charge in [-0.25, -0.2) is 0 Å². The van der Waals surface area contributed by atoms with E-state index in [-0.39, 0.29) is 0 Å². The molecule has 106 valence electrons. The van der Waals surface area contributed by atoms with Gasteiger partial charge in [-0.3, -0.25) is 4.90 Å². The first-order valence-corrected chi connectivity index (χ1v) is 8.48. The van der Waals surface area contributed by atoms with Crippen molar-refractivity contribution in [2.45, 2.75) is 84.1 Å². The highest BCUT2D eigenvalue weighted by atomic mass is 15.2. The quantitative estimate of drug-likeness (QED) is 0.690. The van der Waals surface area contributed by atoms with Crippen molar-refractivity contribution in [2.75, 3.05) is 13.1 Å². The summed E-state index contributed by atoms with van der Waals surface area (Å²) in [7, 11) is 0. The number of nitrogens with zero attached hydrogens (tertiary/aromatic N) is 1. The normalized spacial score (nSPS) is 35.0. The summed E-state index contributed by atoms with van der Waals surface area (Å²) in [6, 6.07) is 0. The van der Waals surface area contributed by atoms with Crippen LogP contribution in [0.3, 0.4) is 0 Å². The van der Waals surface area contributed by atoms with E-state index in [1.807, 2.05) is 0 Å². The molecule has 1 nitrogen and oxygen atoms in total. The zero-order valence-corrected chi connectivity index (χ0v) is 12.9. The summed E-state index contributed by atoms with van der Waals surface area (Å²) in [5.74, 6) is 1.97. The van der Waals surface area contributed by atoms with Gasteiger partial charge in [-0.15, -0.1) is 0 Å². The van der Waals surface area contributed by atoms with Crippen molar-refractivity contribution in [1.29, 1.82) is 0 Å². The molecule has 0 aromatic rings. The molecule has 0 amide bonds. The second kappa shape index (κ2) is 6.41. The largest absolute Gasteiger partial charge is 0.298 e. The Morgan fingerprint density at radius 3 is 1.94 bits per heavy atom. The average molecular weight is 251 g/mol. The monoisotopic (exact) mass is 251 g/mol. The van der Waals surface area contributed by atoms with Crippen LogP contribution in [0.5, 0.6) is 0 Å². The number of rotatable bonds is 4. The maximum Gasteiger partial charge on any atom is 0.0237 e. The minimum Gasteiger partial charge on any atom is -0.298 e. The molecule has 0 aliphatic heterocycles. The van der Waals surface area contributed by atoms with Crippen LogP contribution in [0.2, 0.25) is 0 Å². The van der Waals surface area contributed by atoms with Gasteiger partial charge in [0.25, 0.3) is 0 Å². The molecular weight excluding hydrogens is 218 g/mol. The van der Waals surface area contributed by atoms with Crippen molar-refractivity contribution in [1.82, 2.24) is 4.90 Å². The highest BCUT2D eigenvalue weighted by Gasteiger charge is 2.44. The predicted octanol–water partition coefficient (Wildman–Crippen LogP) is 4.86. The van der Waals surface area contributed by atoms with Gasteiger partial charge in [0.05, 0.1) is 0 Å². The molecule has 0 bridgehead atoms. The summed E-state index contributed by atoms with van der Waals surface area (Å²) >= 11 is 0. The van der Waals surface area contributed by atoms with Gasteiger partial charge in [0.1, 0.15) is 0 Å². The molecule has 2 saturated carbocycles. The third-order valence-corrected chi connectivity index (χ3v) is 5.90. The van der Waals surface area contributed by atoms with E-state index in [1.54, 1.807) is 0 Å². The van der Waals surface area contributed by atoms with Gasteiger partial charge < -0.3 is 0 Å². The van der Waals surface area contributed by atoms with Gasteiger partial charge in [-0.05, 0) is 63.5 Å². The molecule has 0 saturated heterocycles. The lowest BCUT2D eigenvalue weighted by Gasteiger charge is -2.53. The highest BCUT2D eigenvalue weighted by molar-refractivity contribution is 4.99. The molecule has 2 fully saturated rings. The van der Waals surface area contributed by atoms with E-state index in [4.69, 9.17) is 0 Å². The van der Waals surface area contributed by atoms with Crippen molar-refractivity contribution >= 4 is 0 Å². The van der Waals surface area contributed by atoms with E-state index in [9.17, 15) is 0 Å². The van der Waals surface area contributed by atoms with Crippen molar-refractivity contribution in [3.63, 3.8) is 0 Å². The Labute approximate surface area is 114 Å². The molecule has 0 atom stereocenters. The fourth-order valence-electron chi connectivity index (χ4n) is 4.74. The van der Waals surface area contributed by atoms with E-state index < -0.39 is 0 Å². The van der Waals surface area contributed by atoms with Crippen LogP contribution in [-0.4, -0.2) is 23.5 Å². The summed E-state index contributed by atoms with van der Waals surface area (Å²) in [4.78, 5) is 2.83. The van der Waals surface area contributed by atoms with E-state index in [0.29, 0.717) is 5.54 Å². The Morgan fingerprint density at radius 2 is 1.44 bits per heavy atom. The highest BCUT2D eigenvalue weighted by Crippen LogP contribution is 2.46. The van der Waals surface area contributed by atoms with E-state index >= 15 is 0 Å². The van der Waals surface area contributed by atoms with Crippen LogP contribution in [-0.2, 0) is 0 Å². The second-order valence-electron chi connectivity index (χ2n) is 6.79. The first-order chi connectivity index (χ1) is 8.73. The van der Waals surface area contributed by atoms with Gasteiger partial charge in [0.15, 0.2) is 0 Å². The molecule has 2 rings (SSSR count). The van der Waals surface area contributed by atoms with Crippen molar-refractivity contribution in [3.05, 3.63) is 0 Å². The summed E-state index contributed by atoms with van der Waals surface area (Å²) in [6.45, 7) is 9.69. The average Bonchev–Trinajstić information content (AvgIpc) is 2.43. The van der Waals surface area contributed by atoms with Crippen LogP contribution in [0.25, 0.3) is 0 Å². The third kappa shape index (κ3) is 2.76. The fraction of sp³-hybridized carbons (Fsp3) is 1.00. The zero-order valence-electron chi connectivity index (χ0n) is 12.9. The van der Waals surface area contributed by atoms with E-state index in [1.165, 1.54) is 70.9 Å². The topological polar surface area (TPSA) is 3.24 Å². The Morgan fingerprint density at radius 1 is 0.889 bits per heavy atom. The van der Waals surface area contributed by atoms with Gasteiger partial charge in [0, 0.05) is 5.54 Å². The molecule has 0 aromatic carbocycles. The predicted molar refractivity (Wildman–Crippen MR) is 79.9 cm³/mol. The summed E-state index contributed by atoms with van der Waals surface area (Å²) in [5.41, 5.74) is 0.580. The summed E-state index contributed by atoms with van der Waals surface area (Å²) in [6.07, 6.45) is 13.4. The first kappa shape index (κ1) is 14.4. The third-order valence-electron chi connectivity index (χ3n) is 5.90. The van der Waals surface area contributed by atoms with Crippen LogP contribution in [0.4, 0.5) is 0 Å². The van der Waals surface area contributed by atoms with Crippen LogP contribution in [0, 0.1) is 11.8 Å². The minimum absolute atomic E-state index is 0.580. The molecule has 18 heavy (non-hydrogen) atoms. The smallest absolute Gasteiger partial charge is 0.0237 e. The Balaban J connectivity index is 2.15. The van der Waals surface area contributed by atoms with Crippen molar-refractivity contribution in [2.24, 2.45) is 11.8 Å². The SMILES string of the molecule is CCN(CC)C1(C2CCCCC2)CCC(C)CC1. The zero-order chi connectivity index (χ0) is 13.0. The number of hydrogen-bond acceptors (Lipinski definition) is 1. The Hall–Kier alpha value is -0.0400. The van der Waals surface area contributed by atoms with Crippen LogP contribution >= 0.6 is 0 Å². The summed E-state index contributed by atoms with van der Waals surface area (Å²) < 4.78 is 0. The van der Waals surface area contributed by atoms with Gasteiger partial charge >= 0.3 is 0 Å². The lowest BCUT2D eigenvalue weighted by Crippen LogP contribution is -2.56. The lowest BCUT2D eigenvalue weighted by atomic mass is 9.64. The molecule has 0 unspecified atom stereocenters. The van der Waals surface area contributed by atoms with Gasteiger partial charge in [0.2, 0.25) is 0 Å². The molecule has 0 N–H and O–H groups in total. The van der Waals surface area contributed by atoms with Crippen molar-refractivity contribution in [3.8, 4) is 0 Å². The molecule has 2 aliphatic carbocycles. The molecule has 1 heteroatoms. The van der Waals surface area contributed by atoms with Crippen LogP contribution in [0.15, 0.2) is 0 Å². The summed E-state index contributed by atoms with van der Waals surface area (Å²) in [5, 5.41) is 0. The molecular formula is C17H33N. The van der Waals surface area contributed by atoms with Crippen molar-refractivity contribution < 1.29 is 0 Å². The van der Waals surface area contributed by atoms with Gasteiger partial charge in [-0.1, -0.05) is 40.0 Å².